The van der Waals surface area contributed by atoms with E-state index in [-0.39, 0.29) is 11.5 Å². The first kappa shape index (κ1) is 20.2. The number of hydrogen-bond acceptors (Lipinski definition) is 4. The first-order chi connectivity index (χ1) is 16.6. The highest BCUT2D eigenvalue weighted by atomic mass is 16.5. The van der Waals surface area contributed by atoms with Crippen LogP contribution in [0.2, 0.25) is 0 Å². The maximum Gasteiger partial charge on any atom is 0.131 e. The van der Waals surface area contributed by atoms with Crippen LogP contribution in [0.25, 0.3) is 54.2 Å². The highest BCUT2D eigenvalue weighted by Crippen LogP contribution is 2.51. The number of rotatable bonds is 3. The summed E-state index contributed by atoms with van der Waals surface area (Å²) in [7, 11) is 3.20. The Kier molecular flexibility index (Phi) is 4.49. The van der Waals surface area contributed by atoms with Gasteiger partial charge in [0.05, 0.1) is 14.2 Å². The molecule has 0 aliphatic rings. The predicted molar refractivity (Wildman–Crippen MR) is 138 cm³/mol. The molecule has 0 aliphatic carbocycles. The standard InChI is InChI=1S/C30H22O4/c1-33-25-15-23(31)29(21-13-11-17-7-3-5-9-19(17)27(21)25)30-22-14-12-18-8-4-6-10-20(18)28(22)26(34-2)16-24(30)32/h3-16,31-32H,1-2H3. The minimum atomic E-state index is 0.0366. The summed E-state index contributed by atoms with van der Waals surface area (Å²) in [4.78, 5) is 0. The Morgan fingerprint density at radius 3 is 1.32 bits per heavy atom. The largest absolute Gasteiger partial charge is 0.507 e. The summed E-state index contributed by atoms with van der Waals surface area (Å²) in [6.45, 7) is 0. The minimum Gasteiger partial charge on any atom is -0.507 e. The van der Waals surface area contributed by atoms with Gasteiger partial charge in [-0.3, -0.25) is 0 Å². The molecule has 0 unspecified atom stereocenters. The van der Waals surface area contributed by atoms with Crippen molar-refractivity contribution in [3.63, 3.8) is 0 Å². The van der Waals surface area contributed by atoms with Gasteiger partial charge in [0, 0.05) is 34.0 Å². The molecule has 0 spiro atoms. The average Bonchev–Trinajstić information content (AvgIpc) is 2.87. The zero-order chi connectivity index (χ0) is 23.4. The summed E-state index contributed by atoms with van der Waals surface area (Å²) >= 11 is 0. The Labute approximate surface area is 196 Å². The lowest BCUT2D eigenvalue weighted by atomic mass is 9.88. The lowest BCUT2D eigenvalue weighted by Crippen LogP contribution is -1.94. The quantitative estimate of drug-likeness (QED) is 0.278. The molecule has 34 heavy (non-hydrogen) atoms. The number of aromatic hydroxyl groups is 2. The number of phenolic OH excluding ortho intramolecular Hbond substituents is 2. The molecular formula is C30H22O4. The van der Waals surface area contributed by atoms with Crippen LogP contribution in [-0.2, 0) is 0 Å². The first-order valence-electron chi connectivity index (χ1n) is 11.1. The van der Waals surface area contributed by atoms with Crippen LogP contribution in [0.1, 0.15) is 0 Å². The minimum absolute atomic E-state index is 0.0366. The van der Waals surface area contributed by atoms with Crippen LogP contribution >= 0.6 is 0 Å². The second kappa shape index (κ2) is 7.56. The number of fused-ring (bicyclic) bond motifs is 6. The van der Waals surface area contributed by atoms with E-state index in [4.69, 9.17) is 9.47 Å². The number of benzene rings is 6. The van der Waals surface area contributed by atoms with Crippen LogP contribution in [0, 0.1) is 0 Å². The van der Waals surface area contributed by atoms with Crippen LogP contribution in [0.4, 0.5) is 0 Å². The lowest BCUT2D eigenvalue weighted by molar-refractivity contribution is 0.412. The number of hydrogen-bond donors (Lipinski definition) is 2. The van der Waals surface area contributed by atoms with Crippen molar-refractivity contribution in [2.45, 2.75) is 0 Å². The summed E-state index contributed by atoms with van der Waals surface area (Å²) in [5.74, 6) is 1.23. The lowest BCUT2D eigenvalue weighted by Gasteiger charge is -2.19. The van der Waals surface area contributed by atoms with E-state index in [2.05, 4.69) is 0 Å². The van der Waals surface area contributed by atoms with E-state index in [0.29, 0.717) is 22.6 Å². The summed E-state index contributed by atoms with van der Waals surface area (Å²) in [6, 6.07) is 27.4. The van der Waals surface area contributed by atoms with Crippen molar-refractivity contribution in [2.24, 2.45) is 0 Å². The van der Waals surface area contributed by atoms with Gasteiger partial charge in [-0.1, -0.05) is 72.8 Å². The highest BCUT2D eigenvalue weighted by molar-refractivity contribution is 6.22. The molecule has 6 rings (SSSR count). The normalized spacial score (nSPS) is 11.5. The fourth-order valence-corrected chi connectivity index (χ4v) is 5.15. The van der Waals surface area contributed by atoms with Gasteiger partial charge in [0.1, 0.15) is 23.0 Å². The molecule has 4 heteroatoms. The summed E-state index contributed by atoms with van der Waals surface area (Å²) in [6.07, 6.45) is 0. The van der Waals surface area contributed by atoms with E-state index in [1.807, 2.05) is 72.8 Å². The SMILES string of the molecule is COc1cc(O)c(-c2c(O)cc(OC)c3c2ccc2ccccc23)c2ccc3ccccc3c12. The molecular weight excluding hydrogens is 424 g/mol. The molecule has 0 amide bonds. The molecule has 0 bridgehead atoms. The summed E-state index contributed by atoms with van der Waals surface area (Å²) < 4.78 is 11.4. The summed E-state index contributed by atoms with van der Waals surface area (Å²) in [5.41, 5.74) is 1.11. The predicted octanol–water partition coefficient (Wildman–Crippen LogP) is 7.39. The van der Waals surface area contributed by atoms with Crippen molar-refractivity contribution in [1.82, 2.24) is 0 Å². The Morgan fingerprint density at radius 2 is 0.912 bits per heavy atom. The average molecular weight is 447 g/mol. The molecule has 2 N–H and O–H groups in total. The van der Waals surface area contributed by atoms with Crippen LogP contribution in [0.15, 0.2) is 84.9 Å². The maximum atomic E-state index is 11.2. The number of methoxy groups -OCH3 is 2. The molecule has 0 saturated heterocycles. The number of phenols is 2. The zero-order valence-corrected chi connectivity index (χ0v) is 18.8. The smallest absolute Gasteiger partial charge is 0.131 e. The molecule has 0 saturated carbocycles. The van der Waals surface area contributed by atoms with Crippen molar-refractivity contribution < 1.29 is 19.7 Å². The Hall–Kier alpha value is -4.44. The van der Waals surface area contributed by atoms with Gasteiger partial charge in [-0.25, -0.2) is 0 Å². The third-order valence-electron chi connectivity index (χ3n) is 6.63. The van der Waals surface area contributed by atoms with Crippen molar-refractivity contribution in [1.29, 1.82) is 0 Å². The second-order valence-electron chi connectivity index (χ2n) is 8.36. The molecule has 0 radical (unpaired) electrons. The van der Waals surface area contributed by atoms with E-state index in [9.17, 15) is 10.2 Å². The van der Waals surface area contributed by atoms with Crippen LogP contribution in [0.3, 0.4) is 0 Å². The van der Waals surface area contributed by atoms with Crippen LogP contribution in [-0.4, -0.2) is 24.4 Å². The molecule has 0 aromatic heterocycles. The Balaban J connectivity index is 1.83. The van der Waals surface area contributed by atoms with E-state index in [1.165, 1.54) is 0 Å². The van der Waals surface area contributed by atoms with Gasteiger partial charge in [-0.05, 0) is 32.3 Å². The van der Waals surface area contributed by atoms with E-state index >= 15 is 0 Å². The van der Waals surface area contributed by atoms with Crippen molar-refractivity contribution in [3.05, 3.63) is 84.9 Å². The first-order valence-corrected chi connectivity index (χ1v) is 11.1. The molecule has 6 aromatic carbocycles. The van der Waals surface area contributed by atoms with Gasteiger partial charge in [-0.2, -0.15) is 0 Å². The van der Waals surface area contributed by atoms with Crippen molar-refractivity contribution in [3.8, 4) is 34.1 Å². The van der Waals surface area contributed by atoms with Gasteiger partial charge >= 0.3 is 0 Å². The Morgan fingerprint density at radius 1 is 0.500 bits per heavy atom. The molecule has 0 heterocycles. The van der Waals surface area contributed by atoms with E-state index in [0.717, 1.165) is 43.1 Å². The maximum absolute atomic E-state index is 11.2. The molecule has 0 aliphatic heterocycles. The second-order valence-corrected chi connectivity index (χ2v) is 8.36. The summed E-state index contributed by atoms with van der Waals surface area (Å²) in [5, 5.41) is 30.0. The fraction of sp³-hybridized carbons (Fsp3) is 0.0667. The Bertz CT molecular complexity index is 1620. The third-order valence-corrected chi connectivity index (χ3v) is 6.63. The third kappa shape index (κ3) is 2.78. The van der Waals surface area contributed by atoms with Gasteiger partial charge in [0.15, 0.2) is 0 Å². The van der Waals surface area contributed by atoms with E-state index in [1.54, 1.807) is 26.4 Å². The topological polar surface area (TPSA) is 58.9 Å². The highest BCUT2D eigenvalue weighted by Gasteiger charge is 2.23. The molecule has 0 fully saturated rings. The van der Waals surface area contributed by atoms with Gasteiger partial charge in [0.25, 0.3) is 0 Å². The molecule has 166 valence electrons. The van der Waals surface area contributed by atoms with Gasteiger partial charge in [0.2, 0.25) is 0 Å². The van der Waals surface area contributed by atoms with Crippen LogP contribution < -0.4 is 9.47 Å². The molecule has 6 aromatic rings. The van der Waals surface area contributed by atoms with Crippen LogP contribution in [0.5, 0.6) is 23.0 Å². The van der Waals surface area contributed by atoms with Gasteiger partial charge < -0.3 is 19.7 Å². The molecule has 0 atom stereocenters. The zero-order valence-electron chi connectivity index (χ0n) is 18.8. The van der Waals surface area contributed by atoms with Crippen molar-refractivity contribution in [2.75, 3.05) is 14.2 Å². The fourth-order valence-electron chi connectivity index (χ4n) is 5.15. The monoisotopic (exact) mass is 446 g/mol. The molecule has 4 nitrogen and oxygen atoms in total. The van der Waals surface area contributed by atoms with Crippen molar-refractivity contribution >= 4 is 43.1 Å². The number of ether oxygens (including phenoxy) is 2. The van der Waals surface area contributed by atoms with E-state index < -0.39 is 0 Å². The van der Waals surface area contributed by atoms with Gasteiger partial charge in [-0.15, -0.1) is 0 Å².